The number of hydrogen-bond acceptors (Lipinski definition) is 7. The van der Waals surface area contributed by atoms with Crippen LogP contribution in [-0.2, 0) is 0 Å². The van der Waals surface area contributed by atoms with E-state index in [0.717, 1.165) is 0 Å². The third-order valence-corrected chi connectivity index (χ3v) is 3.64. The van der Waals surface area contributed by atoms with Crippen LogP contribution < -0.4 is 5.32 Å². The normalized spacial score (nSPS) is 10.7. The Morgan fingerprint density at radius 3 is 2.71 bits per heavy atom. The number of benzene rings is 1. The number of nitrogens with one attached hydrogen (secondary N) is 3. The quantitative estimate of drug-likeness (QED) is 0.462. The summed E-state index contributed by atoms with van der Waals surface area (Å²) < 4.78 is 0.459. The SMILES string of the molecule is N=Nc1ncnc(Nc2ccc3c(O)[nH]c(O)c3c2)c1Br. The van der Waals surface area contributed by atoms with Crippen molar-refractivity contribution in [1.82, 2.24) is 15.0 Å². The second-order valence-electron chi connectivity index (χ2n) is 4.18. The summed E-state index contributed by atoms with van der Waals surface area (Å²) in [4.78, 5) is 10.3. The average Bonchev–Trinajstić information content (AvgIpc) is 2.76. The molecule has 8 nitrogen and oxygen atoms in total. The molecule has 0 aliphatic heterocycles. The fourth-order valence-corrected chi connectivity index (χ4v) is 2.33. The molecule has 0 saturated carbocycles. The predicted octanol–water partition coefficient (Wildman–Crippen LogP) is 3.54. The lowest BCUT2D eigenvalue weighted by Gasteiger charge is -2.08. The highest BCUT2D eigenvalue weighted by atomic mass is 79.9. The van der Waals surface area contributed by atoms with Gasteiger partial charge in [0.25, 0.3) is 0 Å². The molecule has 2 heterocycles. The number of halogens is 1. The number of fused-ring (bicyclic) bond motifs is 1. The van der Waals surface area contributed by atoms with Crippen molar-refractivity contribution in [1.29, 1.82) is 5.53 Å². The number of anilines is 2. The first-order chi connectivity index (χ1) is 10.1. The molecule has 0 saturated heterocycles. The van der Waals surface area contributed by atoms with Gasteiger partial charge >= 0.3 is 0 Å². The number of nitrogens with zero attached hydrogens (tertiary/aromatic N) is 3. The van der Waals surface area contributed by atoms with Crippen molar-refractivity contribution in [3.05, 3.63) is 29.0 Å². The van der Waals surface area contributed by atoms with Crippen LogP contribution in [0.3, 0.4) is 0 Å². The van der Waals surface area contributed by atoms with E-state index in [-0.39, 0.29) is 17.6 Å². The van der Waals surface area contributed by atoms with Gasteiger partial charge < -0.3 is 15.5 Å². The van der Waals surface area contributed by atoms with E-state index in [2.05, 4.69) is 41.3 Å². The largest absolute Gasteiger partial charge is 0.494 e. The topological polar surface area (TPSA) is 130 Å². The first kappa shape index (κ1) is 13.3. The van der Waals surface area contributed by atoms with E-state index in [1.165, 1.54) is 6.33 Å². The van der Waals surface area contributed by atoms with Gasteiger partial charge in [-0.25, -0.2) is 15.5 Å². The fraction of sp³-hybridized carbons (Fsp3) is 0. The Kier molecular flexibility index (Phi) is 3.18. The van der Waals surface area contributed by atoms with Gasteiger partial charge in [-0.2, -0.15) is 0 Å². The molecule has 0 fully saturated rings. The van der Waals surface area contributed by atoms with Crippen LogP contribution in [0.2, 0.25) is 0 Å². The molecule has 3 aromatic rings. The highest BCUT2D eigenvalue weighted by Crippen LogP contribution is 2.35. The molecule has 21 heavy (non-hydrogen) atoms. The maximum absolute atomic E-state index is 9.70. The number of rotatable bonds is 3. The smallest absolute Gasteiger partial charge is 0.199 e. The van der Waals surface area contributed by atoms with Gasteiger partial charge in [-0.3, -0.25) is 4.98 Å². The van der Waals surface area contributed by atoms with E-state index in [9.17, 15) is 10.2 Å². The van der Waals surface area contributed by atoms with Crippen LogP contribution in [0, 0.1) is 5.53 Å². The van der Waals surface area contributed by atoms with Gasteiger partial charge in [-0.05, 0) is 34.1 Å². The Morgan fingerprint density at radius 1 is 1.19 bits per heavy atom. The van der Waals surface area contributed by atoms with Crippen LogP contribution in [0.15, 0.2) is 34.1 Å². The zero-order chi connectivity index (χ0) is 15.0. The van der Waals surface area contributed by atoms with Crippen LogP contribution in [-0.4, -0.2) is 25.2 Å². The monoisotopic (exact) mass is 348 g/mol. The predicted molar refractivity (Wildman–Crippen MR) is 79.5 cm³/mol. The Hall–Kier alpha value is -2.68. The number of aromatic hydroxyl groups is 2. The van der Waals surface area contributed by atoms with Crippen molar-refractivity contribution in [2.75, 3.05) is 5.32 Å². The highest BCUT2D eigenvalue weighted by molar-refractivity contribution is 9.10. The standard InChI is InChI=1S/C12H9BrN6O2/c13-8-9(15-4-16-10(8)19-14)17-5-1-2-6-7(3-5)12(21)18-11(6)20/h1-4,14,18,20-21H,(H,15,16,17). The summed E-state index contributed by atoms with van der Waals surface area (Å²) in [5.41, 5.74) is 7.66. The molecule has 0 radical (unpaired) electrons. The minimum Gasteiger partial charge on any atom is -0.494 e. The molecule has 3 rings (SSSR count). The second-order valence-corrected chi connectivity index (χ2v) is 4.97. The van der Waals surface area contributed by atoms with Gasteiger partial charge in [0.1, 0.15) is 10.8 Å². The van der Waals surface area contributed by atoms with Crippen molar-refractivity contribution >= 4 is 44.0 Å². The molecular weight excluding hydrogens is 340 g/mol. The van der Waals surface area contributed by atoms with Gasteiger partial charge in [-0.1, -0.05) is 0 Å². The third kappa shape index (κ3) is 2.27. The molecule has 0 atom stereocenters. The highest BCUT2D eigenvalue weighted by Gasteiger charge is 2.11. The molecule has 0 unspecified atom stereocenters. The lowest BCUT2D eigenvalue weighted by Crippen LogP contribution is -1.95. The number of aromatic nitrogens is 3. The van der Waals surface area contributed by atoms with E-state index < -0.39 is 0 Å². The van der Waals surface area contributed by atoms with E-state index >= 15 is 0 Å². The van der Waals surface area contributed by atoms with Crippen molar-refractivity contribution < 1.29 is 10.2 Å². The summed E-state index contributed by atoms with van der Waals surface area (Å²) in [7, 11) is 0. The Labute approximate surface area is 126 Å². The Morgan fingerprint density at radius 2 is 1.95 bits per heavy atom. The molecule has 0 aliphatic rings. The summed E-state index contributed by atoms with van der Waals surface area (Å²) in [6, 6.07) is 5.04. The average molecular weight is 349 g/mol. The molecular formula is C12H9BrN6O2. The minimum absolute atomic E-state index is 0.0902. The van der Waals surface area contributed by atoms with Crippen molar-refractivity contribution in [2.45, 2.75) is 0 Å². The molecule has 2 aromatic heterocycles. The van der Waals surface area contributed by atoms with E-state index in [4.69, 9.17) is 5.53 Å². The van der Waals surface area contributed by atoms with Gasteiger partial charge in [-0.15, -0.1) is 5.11 Å². The number of H-pyrrole nitrogens is 1. The Balaban J connectivity index is 2.02. The summed E-state index contributed by atoms with van der Waals surface area (Å²) >= 11 is 3.27. The lowest BCUT2D eigenvalue weighted by molar-refractivity contribution is 0.429. The summed E-state index contributed by atoms with van der Waals surface area (Å²) in [6.45, 7) is 0. The minimum atomic E-state index is -0.116. The maximum Gasteiger partial charge on any atom is 0.199 e. The van der Waals surface area contributed by atoms with Crippen molar-refractivity contribution in [3.63, 3.8) is 0 Å². The van der Waals surface area contributed by atoms with E-state index in [0.29, 0.717) is 26.8 Å². The van der Waals surface area contributed by atoms with Crippen molar-refractivity contribution in [2.24, 2.45) is 5.11 Å². The number of hydrogen-bond donors (Lipinski definition) is 5. The molecule has 9 heteroatoms. The molecule has 5 N–H and O–H groups in total. The van der Waals surface area contributed by atoms with Crippen LogP contribution in [0.1, 0.15) is 0 Å². The summed E-state index contributed by atoms with van der Waals surface area (Å²) in [6.07, 6.45) is 1.29. The van der Waals surface area contributed by atoms with Gasteiger partial charge in [0.05, 0.1) is 0 Å². The molecule has 0 bridgehead atoms. The second kappa shape index (κ2) is 5.02. The van der Waals surface area contributed by atoms with Gasteiger partial charge in [0, 0.05) is 16.5 Å². The van der Waals surface area contributed by atoms with Crippen LogP contribution in [0.5, 0.6) is 11.8 Å². The molecule has 0 aliphatic carbocycles. The molecule has 1 aromatic carbocycles. The zero-order valence-corrected chi connectivity index (χ0v) is 12.0. The summed E-state index contributed by atoms with van der Waals surface area (Å²) in [5.74, 6) is 0.438. The maximum atomic E-state index is 9.70. The van der Waals surface area contributed by atoms with E-state index in [1.807, 2.05) is 0 Å². The van der Waals surface area contributed by atoms with Gasteiger partial charge in [0.15, 0.2) is 23.4 Å². The first-order valence-electron chi connectivity index (χ1n) is 5.79. The van der Waals surface area contributed by atoms with Crippen LogP contribution in [0.4, 0.5) is 17.3 Å². The molecule has 0 spiro atoms. The molecule has 106 valence electrons. The third-order valence-electron chi connectivity index (χ3n) is 2.91. The van der Waals surface area contributed by atoms with Crippen LogP contribution >= 0.6 is 15.9 Å². The summed E-state index contributed by atoms with van der Waals surface area (Å²) in [5, 5.41) is 26.6. The zero-order valence-electron chi connectivity index (χ0n) is 10.4. The van der Waals surface area contributed by atoms with Gasteiger partial charge in [0.2, 0.25) is 0 Å². The Bertz CT molecular complexity index is 847. The van der Waals surface area contributed by atoms with Crippen LogP contribution in [0.25, 0.3) is 10.8 Å². The van der Waals surface area contributed by atoms with E-state index in [1.54, 1.807) is 18.2 Å². The lowest BCUT2D eigenvalue weighted by atomic mass is 10.2. The number of aromatic amines is 1. The first-order valence-corrected chi connectivity index (χ1v) is 6.58. The fourth-order valence-electron chi connectivity index (χ4n) is 1.93. The van der Waals surface area contributed by atoms with Crippen molar-refractivity contribution in [3.8, 4) is 11.8 Å². The molecule has 0 amide bonds.